The summed E-state index contributed by atoms with van der Waals surface area (Å²) in [4.78, 5) is 20.9. The number of hydrogen-bond acceptors (Lipinski definition) is 5. The van der Waals surface area contributed by atoms with Gasteiger partial charge in [0.05, 0.1) is 0 Å². The molecule has 7 nitrogen and oxygen atoms in total. The number of aromatic nitrogens is 3. The summed E-state index contributed by atoms with van der Waals surface area (Å²) in [7, 11) is 0. The second kappa shape index (κ2) is 9.29. The Morgan fingerprint density at radius 2 is 1.88 bits per heavy atom. The van der Waals surface area contributed by atoms with Crippen LogP contribution in [0, 0.1) is 11.8 Å². The average molecular weight is 349 g/mol. The third kappa shape index (κ3) is 5.25. The monoisotopic (exact) mass is 349 g/mol. The molecule has 0 aliphatic carbocycles. The lowest BCUT2D eigenvalue weighted by molar-refractivity contribution is -0.130. The summed E-state index contributed by atoms with van der Waals surface area (Å²) in [5, 5.41) is 13.8. The van der Waals surface area contributed by atoms with Gasteiger partial charge in [0.15, 0.2) is 0 Å². The van der Waals surface area contributed by atoms with Gasteiger partial charge in [0.1, 0.15) is 12.7 Å². The Bertz CT molecular complexity index is 514. The second-order valence-electron chi connectivity index (χ2n) is 7.48. The van der Waals surface area contributed by atoms with Crippen molar-refractivity contribution in [2.45, 2.75) is 45.1 Å². The predicted molar refractivity (Wildman–Crippen MR) is 94.8 cm³/mol. The molecular weight excluding hydrogens is 318 g/mol. The van der Waals surface area contributed by atoms with E-state index in [9.17, 15) is 9.90 Å². The molecule has 2 aliphatic rings. The Balaban J connectivity index is 1.45. The van der Waals surface area contributed by atoms with Crippen molar-refractivity contribution >= 4 is 5.91 Å². The molecule has 0 spiro atoms. The second-order valence-corrected chi connectivity index (χ2v) is 7.48. The minimum Gasteiger partial charge on any atom is -0.396 e. The number of aliphatic hydroxyl groups is 1. The van der Waals surface area contributed by atoms with Crippen LogP contribution in [0.5, 0.6) is 0 Å². The fraction of sp³-hybridized carbons (Fsp3) is 0.833. The molecule has 2 aliphatic heterocycles. The van der Waals surface area contributed by atoms with E-state index in [1.807, 2.05) is 4.90 Å². The van der Waals surface area contributed by atoms with Crippen LogP contribution in [0.2, 0.25) is 0 Å². The Hall–Kier alpha value is -1.47. The molecule has 3 rings (SSSR count). The fourth-order valence-electron chi connectivity index (χ4n) is 4.11. The minimum atomic E-state index is 0.182. The van der Waals surface area contributed by atoms with Crippen LogP contribution in [-0.4, -0.2) is 74.9 Å². The zero-order chi connectivity index (χ0) is 17.5. The first-order chi connectivity index (χ1) is 12.3. The van der Waals surface area contributed by atoms with E-state index >= 15 is 0 Å². The first kappa shape index (κ1) is 18.3. The van der Waals surface area contributed by atoms with Gasteiger partial charge in [0, 0.05) is 45.1 Å². The molecule has 1 aromatic rings. The van der Waals surface area contributed by atoms with Gasteiger partial charge in [-0.3, -0.25) is 9.48 Å². The number of carbonyl (C=O) groups is 1. The van der Waals surface area contributed by atoms with Gasteiger partial charge in [0.2, 0.25) is 5.91 Å². The summed E-state index contributed by atoms with van der Waals surface area (Å²) in [5.74, 6) is 0.835. The normalized spacial score (nSPS) is 25.2. The van der Waals surface area contributed by atoms with E-state index < -0.39 is 0 Å². The number of hydrogen-bond donors (Lipinski definition) is 1. The molecule has 140 valence electrons. The Morgan fingerprint density at radius 1 is 1.12 bits per heavy atom. The van der Waals surface area contributed by atoms with E-state index in [2.05, 4.69) is 15.0 Å². The van der Waals surface area contributed by atoms with Crippen molar-refractivity contribution in [3.63, 3.8) is 0 Å². The van der Waals surface area contributed by atoms with E-state index in [0.29, 0.717) is 18.9 Å². The molecule has 0 aromatic carbocycles. The number of aliphatic hydroxyl groups excluding tert-OH is 1. The molecule has 2 saturated heterocycles. The maximum absolute atomic E-state index is 12.5. The van der Waals surface area contributed by atoms with Gasteiger partial charge in [0.25, 0.3) is 0 Å². The molecule has 3 heterocycles. The fourth-order valence-corrected chi connectivity index (χ4v) is 4.11. The predicted octanol–water partition coefficient (Wildman–Crippen LogP) is 1.00. The number of aryl methyl sites for hydroxylation is 1. The average Bonchev–Trinajstić information content (AvgIpc) is 3.20. The smallest absolute Gasteiger partial charge is 0.222 e. The van der Waals surface area contributed by atoms with Crippen LogP contribution in [0.4, 0.5) is 0 Å². The zero-order valence-electron chi connectivity index (χ0n) is 15.1. The van der Waals surface area contributed by atoms with Crippen LogP contribution in [0.3, 0.4) is 0 Å². The lowest BCUT2D eigenvalue weighted by Crippen LogP contribution is -2.35. The van der Waals surface area contributed by atoms with Crippen LogP contribution in [0.25, 0.3) is 0 Å². The van der Waals surface area contributed by atoms with E-state index in [0.717, 1.165) is 26.1 Å². The largest absolute Gasteiger partial charge is 0.396 e. The number of rotatable bonds is 7. The minimum absolute atomic E-state index is 0.182. The van der Waals surface area contributed by atoms with Crippen molar-refractivity contribution in [2.75, 3.05) is 39.3 Å². The Morgan fingerprint density at radius 3 is 2.56 bits per heavy atom. The third-order valence-electron chi connectivity index (χ3n) is 5.60. The van der Waals surface area contributed by atoms with Crippen molar-refractivity contribution in [2.24, 2.45) is 11.8 Å². The highest BCUT2D eigenvalue weighted by Crippen LogP contribution is 2.26. The Kier molecular flexibility index (Phi) is 6.81. The molecule has 2 atom stereocenters. The van der Waals surface area contributed by atoms with Gasteiger partial charge in [-0.25, -0.2) is 4.98 Å². The van der Waals surface area contributed by atoms with Crippen molar-refractivity contribution < 1.29 is 9.90 Å². The van der Waals surface area contributed by atoms with Crippen molar-refractivity contribution in [3.05, 3.63) is 12.7 Å². The lowest BCUT2D eigenvalue weighted by atomic mass is 9.96. The maximum Gasteiger partial charge on any atom is 0.222 e. The first-order valence-corrected chi connectivity index (χ1v) is 9.69. The van der Waals surface area contributed by atoms with E-state index in [-0.39, 0.29) is 18.4 Å². The maximum atomic E-state index is 12.5. The van der Waals surface area contributed by atoms with Gasteiger partial charge in [-0.15, -0.1) is 0 Å². The number of amides is 1. The van der Waals surface area contributed by atoms with E-state index in [1.165, 1.54) is 45.1 Å². The first-order valence-electron chi connectivity index (χ1n) is 9.69. The van der Waals surface area contributed by atoms with E-state index in [1.54, 1.807) is 11.0 Å². The third-order valence-corrected chi connectivity index (χ3v) is 5.60. The van der Waals surface area contributed by atoms with Gasteiger partial charge in [-0.2, -0.15) is 5.10 Å². The summed E-state index contributed by atoms with van der Waals surface area (Å²) in [5.41, 5.74) is 0. The van der Waals surface area contributed by atoms with Crippen molar-refractivity contribution in [1.29, 1.82) is 0 Å². The number of likely N-dealkylation sites (tertiary alicyclic amines) is 2. The molecular formula is C18H31N5O2. The SMILES string of the molecule is O=C(CCCn1cncn1)N1C[C@@H](CO)[C@@H](CN2CCCCCC2)C1. The topological polar surface area (TPSA) is 74.5 Å². The van der Waals surface area contributed by atoms with Gasteiger partial charge in [-0.1, -0.05) is 12.8 Å². The van der Waals surface area contributed by atoms with Crippen molar-refractivity contribution in [1.82, 2.24) is 24.6 Å². The molecule has 2 fully saturated rings. The summed E-state index contributed by atoms with van der Waals surface area (Å²) in [6, 6.07) is 0. The summed E-state index contributed by atoms with van der Waals surface area (Å²) in [6.07, 6.45) is 9.74. The summed E-state index contributed by atoms with van der Waals surface area (Å²) >= 11 is 0. The molecule has 0 unspecified atom stereocenters. The highest BCUT2D eigenvalue weighted by atomic mass is 16.3. The van der Waals surface area contributed by atoms with Gasteiger partial charge in [-0.05, 0) is 38.3 Å². The molecule has 0 bridgehead atoms. The van der Waals surface area contributed by atoms with Crippen LogP contribution >= 0.6 is 0 Å². The van der Waals surface area contributed by atoms with Gasteiger partial charge >= 0.3 is 0 Å². The standard InChI is InChI=1S/C18H31N5O2/c24-13-17-12-22(18(25)6-5-9-23-15-19-14-20-23)11-16(17)10-21-7-3-1-2-4-8-21/h14-17,24H,1-13H2/t16-,17-/m0/s1. The molecule has 7 heteroatoms. The quantitative estimate of drug-likeness (QED) is 0.795. The zero-order valence-corrected chi connectivity index (χ0v) is 15.1. The number of nitrogens with zero attached hydrogens (tertiary/aromatic N) is 5. The highest BCUT2D eigenvalue weighted by molar-refractivity contribution is 5.76. The molecule has 1 amide bonds. The molecule has 0 radical (unpaired) electrons. The molecule has 1 N–H and O–H groups in total. The molecule has 25 heavy (non-hydrogen) atoms. The van der Waals surface area contributed by atoms with Crippen LogP contribution in [0.1, 0.15) is 38.5 Å². The van der Waals surface area contributed by atoms with Crippen molar-refractivity contribution in [3.8, 4) is 0 Å². The number of carbonyl (C=O) groups excluding carboxylic acids is 1. The molecule has 1 aromatic heterocycles. The lowest BCUT2D eigenvalue weighted by Gasteiger charge is -2.26. The van der Waals surface area contributed by atoms with Crippen LogP contribution in [-0.2, 0) is 11.3 Å². The Labute approximate surface area is 150 Å². The summed E-state index contributed by atoms with van der Waals surface area (Å²) < 4.78 is 1.76. The molecule has 0 saturated carbocycles. The van der Waals surface area contributed by atoms with E-state index in [4.69, 9.17) is 0 Å². The summed E-state index contributed by atoms with van der Waals surface area (Å²) in [6.45, 7) is 5.76. The van der Waals surface area contributed by atoms with Crippen LogP contribution in [0.15, 0.2) is 12.7 Å². The highest BCUT2D eigenvalue weighted by Gasteiger charge is 2.35. The van der Waals surface area contributed by atoms with Crippen LogP contribution < -0.4 is 0 Å². The van der Waals surface area contributed by atoms with Gasteiger partial charge < -0.3 is 14.9 Å².